The molecule has 29 heavy (non-hydrogen) atoms. The summed E-state index contributed by atoms with van der Waals surface area (Å²) in [6, 6.07) is 0. The van der Waals surface area contributed by atoms with Crippen molar-refractivity contribution in [3.8, 4) is 0 Å². The van der Waals surface area contributed by atoms with Gasteiger partial charge >= 0.3 is 11.9 Å². The molecule has 5 heteroatoms. The molecule has 0 aromatic rings. The molecule has 2 fully saturated rings. The Morgan fingerprint density at radius 2 is 1.79 bits per heavy atom. The van der Waals surface area contributed by atoms with E-state index in [-0.39, 0.29) is 22.7 Å². The Bertz CT molecular complexity index is 652. The van der Waals surface area contributed by atoms with E-state index in [1.807, 2.05) is 6.92 Å². The van der Waals surface area contributed by atoms with Crippen molar-refractivity contribution in [1.82, 2.24) is 0 Å². The molecule has 2 aliphatic rings. The van der Waals surface area contributed by atoms with Gasteiger partial charge in [-0.2, -0.15) is 0 Å². The van der Waals surface area contributed by atoms with E-state index < -0.39 is 23.3 Å². The molecule has 166 valence electrons. The Morgan fingerprint density at radius 3 is 2.31 bits per heavy atom. The number of hydrogen-bond acceptors (Lipinski definition) is 5. The van der Waals surface area contributed by atoms with Crippen molar-refractivity contribution in [3.05, 3.63) is 12.7 Å². The molecule has 0 amide bonds. The van der Waals surface area contributed by atoms with E-state index in [4.69, 9.17) is 9.47 Å². The SMILES string of the molecule is C=C[C@@](C)(O)[C@@H](C[C@@H]1[C@@]2(C)CCCC(C)(C)[C@@H]2CC[C@@]1(C)OC(C)=O)OC(C)=O. The maximum absolute atomic E-state index is 12.0. The minimum Gasteiger partial charge on any atom is -0.459 e. The average Bonchev–Trinajstić information content (AvgIpc) is 2.55. The summed E-state index contributed by atoms with van der Waals surface area (Å²) in [7, 11) is 0. The van der Waals surface area contributed by atoms with Crippen LogP contribution in [0.4, 0.5) is 0 Å². The fraction of sp³-hybridized carbons (Fsp3) is 0.833. The van der Waals surface area contributed by atoms with Gasteiger partial charge in [-0.25, -0.2) is 0 Å². The fourth-order valence-corrected chi connectivity index (χ4v) is 6.53. The summed E-state index contributed by atoms with van der Waals surface area (Å²) >= 11 is 0. The lowest BCUT2D eigenvalue weighted by Gasteiger charge is -2.62. The first-order valence-electron chi connectivity index (χ1n) is 10.9. The van der Waals surface area contributed by atoms with Crippen LogP contribution in [0.15, 0.2) is 12.7 Å². The molecule has 2 rings (SSSR count). The fourth-order valence-electron chi connectivity index (χ4n) is 6.53. The van der Waals surface area contributed by atoms with Gasteiger partial charge in [0, 0.05) is 19.8 Å². The number of fused-ring (bicyclic) bond motifs is 1. The van der Waals surface area contributed by atoms with Crippen molar-refractivity contribution in [2.24, 2.45) is 22.7 Å². The largest absolute Gasteiger partial charge is 0.459 e. The lowest BCUT2D eigenvalue weighted by atomic mass is 9.45. The summed E-state index contributed by atoms with van der Waals surface area (Å²) in [5.41, 5.74) is -1.92. The van der Waals surface area contributed by atoms with Crippen LogP contribution in [0, 0.1) is 22.7 Å². The highest BCUT2D eigenvalue weighted by atomic mass is 16.6. The Kier molecular flexibility index (Phi) is 6.64. The van der Waals surface area contributed by atoms with Gasteiger partial charge in [0.1, 0.15) is 17.3 Å². The zero-order chi connectivity index (χ0) is 22.3. The smallest absolute Gasteiger partial charge is 0.303 e. The molecule has 0 radical (unpaired) electrons. The molecule has 6 atom stereocenters. The summed E-state index contributed by atoms with van der Waals surface area (Å²) in [4.78, 5) is 23.8. The summed E-state index contributed by atoms with van der Waals surface area (Å²) in [5.74, 6) is -0.307. The van der Waals surface area contributed by atoms with Gasteiger partial charge in [0.2, 0.25) is 0 Å². The number of esters is 2. The topological polar surface area (TPSA) is 72.8 Å². The first-order valence-corrected chi connectivity index (χ1v) is 10.9. The van der Waals surface area contributed by atoms with Crippen molar-refractivity contribution in [3.63, 3.8) is 0 Å². The highest BCUT2D eigenvalue weighted by molar-refractivity contribution is 5.67. The Labute approximate surface area is 176 Å². The third-order valence-corrected chi connectivity index (χ3v) is 7.94. The third kappa shape index (κ3) is 4.70. The molecular formula is C24H40O5. The monoisotopic (exact) mass is 408 g/mol. The van der Waals surface area contributed by atoms with Crippen LogP contribution in [0.1, 0.15) is 87.0 Å². The van der Waals surface area contributed by atoms with Gasteiger partial charge in [0.15, 0.2) is 0 Å². The second-order valence-electron chi connectivity index (χ2n) is 10.7. The highest BCUT2D eigenvalue weighted by Gasteiger charge is 2.60. The van der Waals surface area contributed by atoms with Gasteiger partial charge in [-0.3, -0.25) is 9.59 Å². The van der Waals surface area contributed by atoms with Gasteiger partial charge in [-0.1, -0.05) is 33.3 Å². The zero-order valence-electron chi connectivity index (χ0n) is 19.3. The number of ether oxygens (including phenoxy) is 2. The summed E-state index contributed by atoms with van der Waals surface area (Å²) < 4.78 is 11.5. The molecule has 0 unspecified atom stereocenters. The average molecular weight is 409 g/mol. The normalized spacial score (nSPS) is 36.8. The number of rotatable bonds is 6. The standard InChI is InChI=1S/C24H40O5/c1-9-23(7,27)20(28-16(2)25)15-19-22(6)13-10-12-21(4,5)18(22)11-14-24(19,8)29-17(3)26/h9,18-20,27H,1,10-15H2,2-8H3/t18-,19+,20+,22-,23+,24+/m0/s1. The molecule has 0 heterocycles. The zero-order valence-corrected chi connectivity index (χ0v) is 19.3. The van der Waals surface area contributed by atoms with E-state index >= 15 is 0 Å². The van der Waals surface area contributed by atoms with Crippen LogP contribution in [0.2, 0.25) is 0 Å². The van der Waals surface area contributed by atoms with Crippen LogP contribution in [0.25, 0.3) is 0 Å². The summed E-state index contributed by atoms with van der Waals surface area (Å²) in [6.07, 6.45) is 6.20. The Hall–Kier alpha value is -1.36. The molecular weight excluding hydrogens is 368 g/mol. The molecule has 2 aliphatic carbocycles. The van der Waals surface area contributed by atoms with Gasteiger partial charge < -0.3 is 14.6 Å². The molecule has 5 nitrogen and oxygen atoms in total. The number of hydrogen-bond donors (Lipinski definition) is 1. The molecule has 0 saturated heterocycles. The first kappa shape index (κ1) is 23.9. The minimum absolute atomic E-state index is 0.0481. The molecule has 0 aliphatic heterocycles. The van der Waals surface area contributed by atoms with E-state index in [0.29, 0.717) is 12.3 Å². The van der Waals surface area contributed by atoms with Gasteiger partial charge in [-0.15, -0.1) is 6.58 Å². The van der Waals surface area contributed by atoms with E-state index in [1.54, 1.807) is 6.92 Å². The van der Waals surface area contributed by atoms with Gasteiger partial charge in [-0.05, 0) is 62.7 Å². The van der Waals surface area contributed by atoms with E-state index in [0.717, 1.165) is 25.7 Å². The third-order valence-electron chi connectivity index (χ3n) is 7.94. The number of carbonyl (C=O) groups excluding carboxylic acids is 2. The second kappa shape index (κ2) is 8.05. The van der Waals surface area contributed by atoms with Crippen molar-refractivity contribution in [1.29, 1.82) is 0 Å². The predicted octanol–water partition coefficient (Wildman–Crippen LogP) is 4.81. The van der Waals surface area contributed by atoms with Crippen LogP contribution in [0.5, 0.6) is 0 Å². The Morgan fingerprint density at radius 1 is 1.17 bits per heavy atom. The lowest BCUT2D eigenvalue weighted by Crippen LogP contribution is -2.60. The molecule has 0 spiro atoms. The van der Waals surface area contributed by atoms with Crippen molar-refractivity contribution >= 4 is 11.9 Å². The van der Waals surface area contributed by atoms with Crippen LogP contribution in [-0.4, -0.2) is 34.4 Å². The quantitative estimate of drug-likeness (QED) is 0.504. The molecule has 2 saturated carbocycles. The lowest BCUT2D eigenvalue weighted by molar-refractivity contribution is -0.210. The second-order valence-corrected chi connectivity index (χ2v) is 10.7. The van der Waals surface area contributed by atoms with E-state index in [9.17, 15) is 14.7 Å². The highest BCUT2D eigenvalue weighted by Crippen LogP contribution is 2.64. The van der Waals surface area contributed by atoms with Gasteiger partial charge in [0.05, 0.1) is 0 Å². The summed E-state index contributed by atoms with van der Waals surface area (Å²) in [5, 5.41) is 10.9. The molecule has 0 aromatic carbocycles. The van der Waals surface area contributed by atoms with Gasteiger partial charge in [0.25, 0.3) is 0 Å². The van der Waals surface area contributed by atoms with Crippen molar-refractivity contribution in [2.75, 3.05) is 0 Å². The maximum atomic E-state index is 12.0. The van der Waals surface area contributed by atoms with E-state index in [2.05, 4.69) is 27.4 Å². The summed E-state index contributed by atoms with van der Waals surface area (Å²) in [6.45, 7) is 17.1. The molecule has 0 bridgehead atoms. The molecule has 0 aromatic heterocycles. The van der Waals surface area contributed by atoms with Crippen LogP contribution >= 0.6 is 0 Å². The van der Waals surface area contributed by atoms with Crippen LogP contribution < -0.4 is 0 Å². The maximum Gasteiger partial charge on any atom is 0.303 e. The predicted molar refractivity (Wildman–Crippen MR) is 113 cm³/mol. The first-order chi connectivity index (χ1) is 13.2. The molecule has 1 N–H and O–H groups in total. The number of carbonyl (C=O) groups is 2. The van der Waals surface area contributed by atoms with Crippen molar-refractivity contribution < 1.29 is 24.2 Å². The number of aliphatic hydroxyl groups is 1. The Balaban J connectivity index is 2.52. The van der Waals surface area contributed by atoms with Crippen molar-refractivity contribution in [2.45, 2.75) is 104 Å². The van der Waals surface area contributed by atoms with E-state index in [1.165, 1.54) is 26.3 Å². The minimum atomic E-state index is -1.36. The van der Waals surface area contributed by atoms with Crippen LogP contribution in [0.3, 0.4) is 0 Å². The van der Waals surface area contributed by atoms with Crippen LogP contribution in [-0.2, 0) is 19.1 Å².